The lowest BCUT2D eigenvalue weighted by atomic mass is 9.97. The number of amides is 1. The van der Waals surface area contributed by atoms with Gasteiger partial charge in [-0.05, 0) is 71.9 Å². The van der Waals surface area contributed by atoms with Crippen molar-refractivity contribution >= 4 is 22.8 Å². The Morgan fingerprint density at radius 1 is 1.14 bits per heavy atom. The molecule has 0 aliphatic heterocycles. The summed E-state index contributed by atoms with van der Waals surface area (Å²) < 4.78 is 11.4. The topological polar surface area (TPSA) is 52.2 Å². The van der Waals surface area contributed by atoms with Crippen LogP contribution in [0.25, 0.3) is 0 Å². The van der Waals surface area contributed by atoms with E-state index in [9.17, 15) is 9.35 Å². The monoisotopic (exact) mass is 315 g/mol. The van der Waals surface area contributed by atoms with Crippen LogP contribution in [0.15, 0.2) is 41.3 Å². The van der Waals surface area contributed by atoms with Gasteiger partial charge in [-0.3, -0.25) is 4.79 Å². The number of nitrogens with one attached hydrogen (secondary N) is 1. The number of anilines is 1. The predicted octanol–water partition coefficient (Wildman–Crippen LogP) is 3.59. The van der Waals surface area contributed by atoms with Gasteiger partial charge in [0, 0.05) is 12.6 Å². The van der Waals surface area contributed by atoms with Crippen LogP contribution in [0.1, 0.15) is 29.2 Å². The van der Waals surface area contributed by atoms with E-state index in [0.29, 0.717) is 0 Å². The lowest BCUT2D eigenvalue weighted by Gasteiger charge is -2.13. The van der Waals surface area contributed by atoms with Gasteiger partial charge in [0.15, 0.2) is 4.90 Å². The Balaban J connectivity index is 2.22. The zero-order valence-corrected chi connectivity index (χ0v) is 14.2. The molecule has 2 aromatic carbocycles. The molecule has 22 heavy (non-hydrogen) atoms. The Kier molecular flexibility index (Phi) is 5.27. The molecule has 0 bridgehead atoms. The SMILES string of the molecule is CC(=O)Nc1cc(C)c(Cc2ccc([S+](C)[O-])cc2)cc1C. The molecule has 1 atom stereocenters. The highest BCUT2D eigenvalue weighted by Crippen LogP contribution is 2.23. The van der Waals surface area contributed by atoms with E-state index < -0.39 is 11.2 Å². The molecule has 0 heterocycles. The average Bonchev–Trinajstić information content (AvgIpc) is 2.44. The average molecular weight is 315 g/mol. The lowest BCUT2D eigenvalue weighted by Crippen LogP contribution is -2.08. The van der Waals surface area contributed by atoms with E-state index in [1.54, 1.807) is 6.26 Å². The second-order valence-corrected chi connectivity index (χ2v) is 6.93. The van der Waals surface area contributed by atoms with E-state index in [4.69, 9.17) is 0 Å². The van der Waals surface area contributed by atoms with E-state index in [-0.39, 0.29) is 5.91 Å². The fourth-order valence-electron chi connectivity index (χ4n) is 2.41. The molecule has 3 nitrogen and oxygen atoms in total. The Labute approximate surface area is 134 Å². The van der Waals surface area contributed by atoms with Gasteiger partial charge >= 0.3 is 0 Å². The number of hydrogen-bond donors (Lipinski definition) is 1. The van der Waals surface area contributed by atoms with Crippen molar-refractivity contribution in [2.75, 3.05) is 11.6 Å². The van der Waals surface area contributed by atoms with Gasteiger partial charge in [-0.25, -0.2) is 0 Å². The van der Waals surface area contributed by atoms with Crippen LogP contribution in [0, 0.1) is 13.8 Å². The van der Waals surface area contributed by atoms with Gasteiger partial charge in [-0.1, -0.05) is 18.2 Å². The van der Waals surface area contributed by atoms with Gasteiger partial charge < -0.3 is 9.87 Å². The van der Waals surface area contributed by atoms with E-state index >= 15 is 0 Å². The summed E-state index contributed by atoms with van der Waals surface area (Å²) in [6.07, 6.45) is 2.51. The highest BCUT2D eigenvalue weighted by Gasteiger charge is 2.08. The minimum atomic E-state index is -0.941. The van der Waals surface area contributed by atoms with Gasteiger partial charge in [0.1, 0.15) is 6.26 Å². The van der Waals surface area contributed by atoms with Crippen LogP contribution in [0.5, 0.6) is 0 Å². The van der Waals surface area contributed by atoms with Crippen molar-refractivity contribution < 1.29 is 9.35 Å². The molecule has 0 fully saturated rings. The summed E-state index contributed by atoms with van der Waals surface area (Å²) >= 11 is -0.941. The molecular weight excluding hydrogens is 294 g/mol. The number of carbonyl (C=O) groups is 1. The van der Waals surface area contributed by atoms with Gasteiger partial charge in [-0.2, -0.15) is 0 Å². The first-order chi connectivity index (χ1) is 10.4. The van der Waals surface area contributed by atoms with Crippen LogP contribution < -0.4 is 5.32 Å². The zero-order valence-electron chi connectivity index (χ0n) is 13.4. The highest BCUT2D eigenvalue weighted by atomic mass is 32.2. The largest absolute Gasteiger partial charge is 0.612 e. The maximum atomic E-state index is 11.4. The summed E-state index contributed by atoms with van der Waals surface area (Å²) in [7, 11) is 0. The Hall–Kier alpha value is -1.78. The van der Waals surface area contributed by atoms with Crippen molar-refractivity contribution in [1.82, 2.24) is 0 Å². The normalized spacial score (nSPS) is 12.0. The molecular formula is C18H21NO2S. The molecule has 4 heteroatoms. The van der Waals surface area contributed by atoms with Crippen molar-refractivity contribution in [3.8, 4) is 0 Å². The molecule has 1 amide bonds. The second kappa shape index (κ2) is 6.99. The molecule has 2 aromatic rings. The first-order valence-corrected chi connectivity index (χ1v) is 8.72. The Bertz CT molecular complexity index is 678. The maximum absolute atomic E-state index is 11.4. The molecule has 1 N–H and O–H groups in total. The minimum Gasteiger partial charge on any atom is -0.612 e. The molecule has 0 saturated carbocycles. The first-order valence-electron chi connectivity index (χ1n) is 7.17. The first kappa shape index (κ1) is 16.6. The number of aryl methyl sites for hydroxylation is 2. The molecule has 0 spiro atoms. The summed E-state index contributed by atoms with van der Waals surface area (Å²) in [6, 6.07) is 12.0. The van der Waals surface area contributed by atoms with Crippen molar-refractivity contribution in [2.45, 2.75) is 32.1 Å². The predicted molar refractivity (Wildman–Crippen MR) is 91.8 cm³/mol. The quantitative estimate of drug-likeness (QED) is 0.877. The van der Waals surface area contributed by atoms with Gasteiger partial charge in [0.05, 0.1) is 0 Å². The van der Waals surface area contributed by atoms with Crippen LogP contribution in [0.3, 0.4) is 0 Å². The molecule has 0 aromatic heterocycles. The molecule has 1 unspecified atom stereocenters. The van der Waals surface area contributed by atoms with Crippen molar-refractivity contribution in [3.63, 3.8) is 0 Å². The molecule has 0 aliphatic carbocycles. The Morgan fingerprint density at radius 2 is 1.77 bits per heavy atom. The summed E-state index contributed by atoms with van der Waals surface area (Å²) in [6.45, 7) is 5.56. The summed E-state index contributed by atoms with van der Waals surface area (Å²) in [5.41, 5.74) is 5.49. The third kappa shape index (κ3) is 4.12. The van der Waals surface area contributed by atoms with Crippen LogP contribution in [-0.4, -0.2) is 16.7 Å². The fraction of sp³-hybridized carbons (Fsp3) is 0.278. The summed E-state index contributed by atoms with van der Waals surface area (Å²) in [5, 5.41) is 2.85. The van der Waals surface area contributed by atoms with Crippen LogP contribution >= 0.6 is 0 Å². The number of carbonyl (C=O) groups excluding carboxylic acids is 1. The Morgan fingerprint density at radius 3 is 2.32 bits per heavy atom. The molecule has 0 aliphatic rings. The summed E-state index contributed by atoms with van der Waals surface area (Å²) in [5.74, 6) is -0.0570. The molecule has 116 valence electrons. The molecule has 0 saturated heterocycles. The van der Waals surface area contributed by atoms with Crippen LogP contribution in [-0.2, 0) is 22.4 Å². The second-order valence-electron chi connectivity index (χ2n) is 5.55. The molecule has 2 rings (SSSR count). The van der Waals surface area contributed by atoms with E-state index in [2.05, 4.69) is 18.3 Å². The van der Waals surface area contributed by atoms with Crippen molar-refractivity contribution in [1.29, 1.82) is 0 Å². The zero-order chi connectivity index (χ0) is 16.3. The fourth-order valence-corrected chi connectivity index (χ4v) is 2.93. The van der Waals surface area contributed by atoms with Crippen molar-refractivity contribution in [3.05, 3.63) is 58.7 Å². The van der Waals surface area contributed by atoms with E-state index in [1.807, 2.05) is 37.3 Å². The van der Waals surface area contributed by atoms with Crippen LogP contribution in [0.4, 0.5) is 5.69 Å². The van der Waals surface area contributed by atoms with Gasteiger partial charge in [0.2, 0.25) is 5.91 Å². The smallest absolute Gasteiger partial charge is 0.221 e. The maximum Gasteiger partial charge on any atom is 0.221 e. The van der Waals surface area contributed by atoms with Crippen molar-refractivity contribution in [2.24, 2.45) is 0 Å². The summed E-state index contributed by atoms with van der Waals surface area (Å²) in [4.78, 5) is 12.0. The third-order valence-corrected chi connectivity index (χ3v) is 4.58. The third-order valence-electron chi connectivity index (χ3n) is 3.64. The van der Waals surface area contributed by atoms with E-state index in [1.165, 1.54) is 18.1 Å². The van der Waals surface area contributed by atoms with Gasteiger partial charge in [0.25, 0.3) is 0 Å². The lowest BCUT2D eigenvalue weighted by molar-refractivity contribution is -0.114. The number of benzene rings is 2. The number of rotatable bonds is 4. The number of hydrogen-bond acceptors (Lipinski definition) is 2. The minimum absolute atomic E-state index is 0.0570. The highest BCUT2D eigenvalue weighted by molar-refractivity contribution is 7.90. The van der Waals surface area contributed by atoms with E-state index in [0.717, 1.165) is 28.1 Å². The standard InChI is InChI=1S/C18H21NO2S/c1-12-10-18(19-14(3)20)13(2)9-16(12)11-15-5-7-17(8-6-15)22(4)21/h5-10H,11H2,1-4H3,(H,19,20). The molecule has 0 radical (unpaired) electrons. The van der Waals surface area contributed by atoms with Crippen LogP contribution in [0.2, 0.25) is 0 Å². The van der Waals surface area contributed by atoms with Gasteiger partial charge in [-0.15, -0.1) is 0 Å².